The van der Waals surface area contributed by atoms with E-state index in [0.29, 0.717) is 26.4 Å². The third kappa shape index (κ3) is 5.83. The van der Waals surface area contributed by atoms with Crippen LogP contribution >= 0.6 is 0 Å². The van der Waals surface area contributed by atoms with Gasteiger partial charge in [-0.1, -0.05) is 12.1 Å². The molecule has 3 N–H and O–H groups in total. The summed E-state index contributed by atoms with van der Waals surface area (Å²) >= 11 is 0. The van der Waals surface area contributed by atoms with Crippen molar-refractivity contribution >= 4 is 11.6 Å². The summed E-state index contributed by atoms with van der Waals surface area (Å²) in [4.78, 5) is 11.8. The van der Waals surface area contributed by atoms with Crippen molar-refractivity contribution in [3.63, 3.8) is 0 Å². The van der Waals surface area contributed by atoms with Crippen molar-refractivity contribution in [2.75, 3.05) is 25.1 Å². The number of rotatable bonds is 8. The largest absolute Gasteiger partial charge is 0.379 e. The number of amides is 1. The van der Waals surface area contributed by atoms with E-state index in [1.165, 1.54) is 0 Å². The number of ether oxygens (including phenoxy) is 2. The number of benzene rings is 1. The average Bonchev–Trinajstić information content (AvgIpc) is 2.44. The van der Waals surface area contributed by atoms with E-state index in [1.807, 2.05) is 31.2 Å². The lowest BCUT2D eigenvalue weighted by Crippen LogP contribution is -2.28. The Kier molecular flexibility index (Phi) is 7.10. The molecule has 1 rings (SSSR count). The lowest BCUT2D eigenvalue weighted by molar-refractivity contribution is -0.127. The molecule has 0 radical (unpaired) electrons. The second kappa shape index (κ2) is 8.63. The summed E-state index contributed by atoms with van der Waals surface area (Å²) in [6, 6.07) is 7.42. The van der Waals surface area contributed by atoms with E-state index >= 15 is 0 Å². The second-order valence-corrected chi connectivity index (χ2v) is 4.10. The summed E-state index contributed by atoms with van der Waals surface area (Å²) in [6.45, 7) is 5.69. The summed E-state index contributed by atoms with van der Waals surface area (Å²) in [5.41, 5.74) is 7.27. The minimum Gasteiger partial charge on any atom is -0.379 e. The highest BCUT2D eigenvalue weighted by molar-refractivity contribution is 5.93. The van der Waals surface area contributed by atoms with Crippen LogP contribution in [0.4, 0.5) is 5.69 Å². The van der Waals surface area contributed by atoms with Crippen LogP contribution in [0.2, 0.25) is 0 Å². The molecule has 0 saturated heterocycles. The molecule has 0 aliphatic heterocycles. The van der Waals surface area contributed by atoms with Gasteiger partial charge in [-0.2, -0.15) is 0 Å². The molecule has 0 heterocycles. The van der Waals surface area contributed by atoms with Crippen LogP contribution in [-0.4, -0.2) is 31.8 Å². The Morgan fingerprint density at radius 2 is 2.00 bits per heavy atom. The van der Waals surface area contributed by atoms with Gasteiger partial charge in [-0.3, -0.25) is 4.79 Å². The molecular weight excluding hydrogens is 244 g/mol. The maximum atomic E-state index is 11.8. The Hall–Kier alpha value is -1.43. The molecule has 19 heavy (non-hydrogen) atoms. The zero-order valence-corrected chi connectivity index (χ0v) is 11.5. The third-order valence-electron chi connectivity index (χ3n) is 2.63. The fourth-order valence-electron chi connectivity index (χ4n) is 1.47. The van der Waals surface area contributed by atoms with Crippen molar-refractivity contribution in [2.45, 2.75) is 26.5 Å². The SMILES string of the molecule is CCOCCOC(C)C(=O)Nc1ccc(CN)cc1. The van der Waals surface area contributed by atoms with Crippen molar-refractivity contribution in [1.29, 1.82) is 0 Å². The first-order valence-corrected chi connectivity index (χ1v) is 6.46. The molecule has 1 aromatic carbocycles. The van der Waals surface area contributed by atoms with Crippen LogP contribution in [0.1, 0.15) is 19.4 Å². The van der Waals surface area contributed by atoms with Gasteiger partial charge in [0.05, 0.1) is 13.2 Å². The first-order chi connectivity index (χ1) is 9.17. The third-order valence-corrected chi connectivity index (χ3v) is 2.63. The number of carbonyl (C=O) groups is 1. The van der Waals surface area contributed by atoms with Crippen LogP contribution in [0, 0.1) is 0 Å². The molecule has 0 aromatic heterocycles. The zero-order chi connectivity index (χ0) is 14.1. The molecule has 1 atom stereocenters. The molecule has 5 nitrogen and oxygen atoms in total. The molecule has 0 spiro atoms. The van der Waals surface area contributed by atoms with E-state index in [-0.39, 0.29) is 5.91 Å². The summed E-state index contributed by atoms with van der Waals surface area (Å²) in [7, 11) is 0. The molecule has 0 fully saturated rings. The van der Waals surface area contributed by atoms with Gasteiger partial charge in [0.1, 0.15) is 6.10 Å². The van der Waals surface area contributed by atoms with E-state index in [0.717, 1.165) is 11.3 Å². The van der Waals surface area contributed by atoms with Crippen molar-refractivity contribution < 1.29 is 14.3 Å². The quantitative estimate of drug-likeness (QED) is 0.700. The zero-order valence-electron chi connectivity index (χ0n) is 11.5. The highest BCUT2D eigenvalue weighted by Crippen LogP contribution is 2.10. The molecule has 1 aromatic rings. The summed E-state index contributed by atoms with van der Waals surface area (Å²) < 4.78 is 10.5. The van der Waals surface area contributed by atoms with Gasteiger partial charge >= 0.3 is 0 Å². The molecule has 5 heteroatoms. The molecule has 0 saturated carbocycles. The number of nitrogens with two attached hydrogens (primary N) is 1. The molecule has 0 aliphatic rings. The van der Waals surface area contributed by atoms with Crippen LogP contribution in [0.15, 0.2) is 24.3 Å². The molecular formula is C14H22N2O3. The van der Waals surface area contributed by atoms with Gasteiger partial charge in [0.25, 0.3) is 5.91 Å². The van der Waals surface area contributed by atoms with Crippen LogP contribution in [-0.2, 0) is 20.8 Å². The Morgan fingerprint density at radius 3 is 2.58 bits per heavy atom. The van der Waals surface area contributed by atoms with E-state index in [4.69, 9.17) is 15.2 Å². The predicted molar refractivity (Wildman–Crippen MR) is 74.9 cm³/mol. The van der Waals surface area contributed by atoms with Crippen LogP contribution in [0.3, 0.4) is 0 Å². The number of hydrogen-bond donors (Lipinski definition) is 2. The summed E-state index contributed by atoms with van der Waals surface area (Å²) in [5.74, 6) is -0.169. The van der Waals surface area contributed by atoms with Crippen LogP contribution in [0.5, 0.6) is 0 Å². The molecule has 0 bridgehead atoms. The molecule has 0 aliphatic carbocycles. The number of hydrogen-bond acceptors (Lipinski definition) is 4. The topological polar surface area (TPSA) is 73.6 Å². The monoisotopic (exact) mass is 266 g/mol. The fourth-order valence-corrected chi connectivity index (χ4v) is 1.47. The van der Waals surface area contributed by atoms with Gasteiger partial charge in [0, 0.05) is 18.8 Å². The lowest BCUT2D eigenvalue weighted by atomic mass is 10.2. The first-order valence-electron chi connectivity index (χ1n) is 6.46. The van der Waals surface area contributed by atoms with E-state index in [1.54, 1.807) is 6.92 Å². The Labute approximate surface area is 114 Å². The average molecular weight is 266 g/mol. The van der Waals surface area contributed by atoms with Gasteiger partial charge < -0.3 is 20.5 Å². The predicted octanol–water partition coefficient (Wildman–Crippen LogP) is 1.53. The van der Waals surface area contributed by atoms with Gasteiger partial charge in [0.15, 0.2) is 0 Å². The van der Waals surface area contributed by atoms with E-state index in [2.05, 4.69) is 5.32 Å². The minimum atomic E-state index is -0.505. The van der Waals surface area contributed by atoms with Gasteiger partial charge in [-0.15, -0.1) is 0 Å². The smallest absolute Gasteiger partial charge is 0.253 e. The summed E-state index contributed by atoms with van der Waals surface area (Å²) in [5, 5.41) is 2.79. The van der Waals surface area contributed by atoms with Crippen molar-refractivity contribution in [2.24, 2.45) is 5.73 Å². The van der Waals surface area contributed by atoms with Gasteiger partial charge in [0.2, 0.25) is 0 Å². The normalized spacial score (nSPS) is 12.2. The highest BCUT2D eigenvalue weighted by atomic mass is 16.5. The van der Waals surface area contributed by atoms with Crippen molar-refractivity contribution in [1.82, 2.24) is 0 Å². The van der Waals surface area contributed by atoms with Crippen LogP contribution < -0.4 is 11.1 Å². The van der Waals surface area contributed by atoms with E-state index < -0.39 is 6.10 Å². The number of carbonyl (C=O) groups excluding carboxylic acids is 1. The van der Waals surface area contributed by atoms with Crippen LogP contribution in [0.25, 0.3) is 0 Å². The molecule has 1 amide bonds. The first kappa shape index (κ1) is 15.6. The summed E-state index contributed by atoms with van der Waals surface area (Å²) in [6.07, 6.45) is -0.505. The molecule has 1 unspecified atom stereocenters. The standard InChI is InChI=1S/C14H22N2O3/c1-3-18-8-9-19-11(2)14(17)16-13-6-4-12(10-15)5-7-13/h4-7,11H,3,8-10,15H2,1-2H3,(H,16,17). The van der Waals surface area contributed by atoms with Gasteiger partial charge in [-0.25, -0.2) is 0 Å². The Morgan fingerprint density at radius 1 is 1.32 bits per heavy atom. The van der Waals surface area contributed by atoms with Crippen molar-refractivity contribution in [3.8, 4) is 0 Å². The number of nitrogens with one attached hydrogen (secondary N) is 1. The van der Waals surface area contributed by atoms with Gasteiger partial charge in [-0.05, 0) is 31.5 Å². The maximum absolute atomic E-state index is 11.8. The Bertz CT molecular complexity index is 379. The van der Waals surface area contributed by atoms with Crippen molar-refractivity contribution in [3.05, 3.63) is 29.8 Å². The highest BCUT2D eigenvalue weighted by Gasteiger charge is 2.13. The van der Waals surface area contributed by atoms with E-state index in [9.17, 15) is 4.79 Å². The minimum absolute atomic E-state index is 0.169. The maximum Gasteiger partial charge on any atom is 0.253 e. The lowest BCUT2D eigenvalue weighted by Gasteiger charge is -2.13. The molecule has 106 valence electrons. The fraction of sp³-hybridized carbons (Fsp3) is 0.500. The Balaban J connectivity index is 2.36. The second-order valence-electron chi connectivity index (χ2n) is 4.10. The number of anilines is 1.